The molecule has 3 heterocycles. The van der Waals surface area contributed by atoms with Crippen LogP contribution in [0.15, 0.2) is 30.3 Å². The van der Waals surface area contributed by atoms with Crippen molar-refractivity contribution in [1.82, 2.24) is 14.7 Å². The highest BCUT2D eigenvalue weighted by Gasteiger charge is 2.27. The summed E-state index contributed by atoms with van der Waals surface area (Å²) in [6.07, 6.45) is -0.179. The van der Waals surface area contributed by atoms with Crippen molar-refractivity contribution in [3.05, 3.63) is 40.9 Å². The van der Waals surface area contributed by atoms with Crippen molar-refractivity contribution < 1.29 is 14.3 Å². The molecule has 1 atom stereocenters. The number of benzene rings is 1. The fourth-order valence-electron chi connectivity index (χ4n) is 3.60. The van der Waals surface area contributed by atoms with Gasteiger partial charge in [-0.25, -0.2) is 0 Å². The van der Waals surface area contributed by atoms with Gasteiger partial charge >= 0.3 is 0 Å². The van der Waals surface area contributed by atoms with Crippen LogP contribution < -0.4 is 9.47 Å². The molecular formula is C22H27N3O3S. The summed E-state index contributed by atoms with van der Waals surface area (Å²) >= 11 is 1.53. The first kappa shape index (κ1) is 19.8. The fraction of sp³-hybridized carbons (Fsp3) is 0.455. The molecule has 0 bridgehead atoms. The van der Waals surface area contributed by atoms with Gasteiger partial charge in [-0.3, -0.25) is 9.48 Å². The Kier molecular flexibility index (Phi) is 5.50. The zero-order valence-electron chi connectivity index (χ0n) is 17.3. The summed E-state index contributed by atoms with van der Waals surface area (Å²) in [6, 6.07) is 9.63. The Bertz CT molecular complexity index is 1020. The van der Waals surface area contributed by atoms with Crippen LogP contribution in [0.25, 0.3) is 10.2 Å². The Morgan fingerprint density at radius 1 is 1.34 bits per heavy atom. The van der Waals surface area contributed by atoms with Gasteiger partial charge in [0.1, 0.15) is 11.4 Å². The lowest BCUT2D eigenvalue weighted by Crippen LogP contribution is -2.43. The van der Waals surface area contributed by atoms with Crippen molar-refractivity contribution in [2.45, 2.75) is 40.3 Å². The molecule has 29 heavy (non-hydrogen) atoms. The van der Waals surface area contributed by atoms with Crippen molar-refractivity contribution in [3.8, 4) is 11.5 Å². The van der Waals surface area contributed by atoms with Crippen molar-refractivity contribution in [2.75, 3.05) is 19.7 Å². The van der Waals surface area contributed by atoms with Crippen LogP contribution in [0.3, 0.4) is 0 Å². The van der Waals surface area contributed by atoms with E-state index in [1.807, 2.05) is 53.8 Å². The molecule has 3 aromatic rings. The first-order chi connectivity index (χ1) is 14.0. The van der Waals surface area contributed by atoms with Gasteiger partial charge in [-0.1, -0.05) is 26.0 Å². The predicted molar refractivity (Wildman–Crippen MR) is 115 cm³/mol. The van der Waals surface area contributed by atoms with Crippen molar-refractivity contribution >= 4 is 27.5 Å². The molecule has 6 nitrogen and oxygen atoms in total. The SMILES string of the molecule is CCN(C[C@H]1COc2ccccc2O1)C(=O)c1cc2c(C)nn(CC(C)C)c2s1. The average Bonchev–Trinajstić information content (AvgIpc) is 3.26. The number of hydrogen-bond donors (Lipinski definition) is 0. The summed E-state index contributed by atoms with van der Waals surface area (Å²) in [5, 5.41) is 5.71. The molecule has 1 aliphatic rings. The number of aromatic nitrogens is 2. The maximum Gasteiger partial charge on any atom is 0.264 e. The van der Waals surface area contributed by atoms with Crippen molar-refractivity contribution in [2.24, 2.45) is 5.92 Å². The largest absolute Gasteiger partial charge is 0.486 e. The summed E-state index contributed by atoms with van der Waals surface area (Å²) in [5.41, 5.74) is 0.972. The second kappa shape index (κ2) is 8.06. The minimum Gasteiger partial charge on any atom is -0.486 e. The minimum absolute atomic E-state index is 0.0339. The number of thiophene rings is 1. The smallest absolute Gasteiger partial charge is 0.264 e. The monoisotopic (exact) mass is 413 g/mol. The molecule has 0 radical (unpaired) electrons. The molecule has 7 heteroatoms. The third-order valence-electron chi connectivity index (χ3n) is 5.02. The van der Waals surface area contributed by atoms with E-state index < -0.39 is 0 Å². The number of para-hydroxylation sites is 2. The third kappa shape index (κ3) is 3.96. The van der Waals surface area contributed by atoms with E-state index in [1.165, 1.54) is 11.3 Å². The van der Waals surface area contributed by atoms with Gasteiger partial charge in [0.05, 0.1) is 17.1 Å². The van der Waals surface area contributed by atoms with Crippen LogP contribution in [-0.2, 0) is 6.54 Å². The Hall–Kier alpha value is -2.54. The summed E-state index contributed by atoms with van der Waals surface area (Å²) in [4.78, 5) is 16.9. The number of likely N-dealkylation sites (N-methyl/N-ethyl adjacent to an activating group) is 1. The lowest BCUT2D eigenvalue weighted by atomic mass is 10.2. The van der Waals surface area contributed by atoms with Crippen LogP contribution in [0, 0.1) is 12.8 Å². The van der Waals surface area contributed by atoms with Crippen molar-refractivity contribution in [1.29, 1.82) is 0 Å². The Morgan fingerprint density at radius 3 is 2.83 bits per heavy atom. The molecule has 0 fully saturated rings. The molecule has 0 unspecified atom stereocenters. The Morgan fingerprint density at radius 2 is 2.10 bits per heavy atom. The number of ether oxygens (including phenoxy) is 2. The van der Waals surface area contributed by atoms with Gasteiger partial charge < -0.3 is 14.4 Å². The molecular weight excluding hydrogens is 386 g/mol. The van der Waals surface area contributed by atoms with Crippen molar-refractivity contribution in [3.63, 3.8) is 0 Å². The standard InChI is InChI=1S/C22H27N3O3S/c1-5-24(12-16-13-27-18-8-6-7-9-19(18)28-16)21(26)20-10-17-15(4)23-25(11-14(2)3)22(17)29-20/h6-10,14,16H,5,11-13H2,1-4H3/t16-/m0/s1. The predicted octanol–water partition coefficient (Wildman–Crippen LogP) is 4.36. The van der Waals surface area contributed by atoms with E-state index in [-0.39, 0.29) is 12.0 Å². The number of fused-ring (bicyclic) bond motifs is 2. The maximum atomic E-state index is 13.2. The topological polar surface area (TPSA) is 56.6 Å². The maximum absolute atomic E-state index is 13.2. The molecule has 0 saturated carbocycles. The number of carbonyl (C=O) groups excluding carboxylic acids is 1. The summed E-state index contributed by atoms with van der Waals surface area (Å²) in [7, 11) is 0. The first-order valence-electron chi connectivity index (χ1n) is 10.1. The van der Waals surface area contributed by atoms with Gasteiger partial charge in [0, 0.05) is 18.5 Å². The van der Waals surface area contributed by atoms with E-state index in [1.54, 1.807) is 0 Å². The van der Waals surface area contributed by atoms with Gasteiger partial charge in [0.25, 0.3) is 5.91 Å². The zero-order chi connectivity index (χ0) is 20.5. The molecule has 0 aliphatic carbocycles. The molecule has 1 aliphatic heterocycles. The summed E-state index contributed by atoms with van der Waals surface area (Å²) < 4.78 is 13.9. The van der Waals surface area contributed by atoms with Crippen LogP contribution in [0.5, 0.6) is 11.5 Å². The number of aryl methyl sites for hydroxylation is 1. The number of carbonyl (C=O) groups is 1. The van der Waals surface area contributed by atoms with Crippen LogP contribution in [-0.4, -0.2) is 46.4 Å². The van der Waals surface area contributed by atoms with Gasteiger partial charge in [0.15, 0.2) is 17.6 Å². The number of hydrogen-bond acceptors (Lipinski definition) is 5. The normalized spacial score (nSPS) is 15.8. The van der Waals surface area contributed by atoms with E-state index in [9.17, 15) is 4.79 Å². The highest BCUT2D eigenvalue weighted by atomic mass is 32.1. The van der Waals surface area contributed by atoms with E-state index in [0.29, 0.717) is 25.6 Å². The van der Waals surface area contributed by atoms with E-state index in [2.05, 4.69) is 18.9 Å². The Labute approximate surface area is 175 Å². The van der Waals surface area contributed by atoms with E-state index >= 15 is 0 Å². The summed E-state index contributed by atoms with van der Waals surface area (Å²) in [5.74, 6) is 2.02. The molecule has 0 N–H and O–H groups in total. The molecule has 0 spiro atoms. The van der Waals surface area contributed by atoms with Gasteiger partial charge in [-0.2, -0.15) is 5.10 Å². The lowest BCUT2D eigenvalue weighted by molar-refractivity contribution is 0.0478. The molecule has 1 aromatic carbocycles. The molecule has 4 rings (SSSR count). The molecule has 1 amide bonds. The first-order valence-corrected chi connectivity index (χ1v) is 10.9. The lowest BCUT2D eigenvalue weighted by Gasteiger charge is -2.30. The fourth-order valence-corrected chi connectivity index (χ4v) is 4.74. The molecule has 0 saturated heterocycles. The quantitative estimate of drug-likeness (QED) is 0.602. The van der Waals surface area contributed by atoms with Crippen LogP contribution >= 0.6 is 11.3 Å². The van der Waals surface area contributed by atoms with E-state index in [4.69, 9.17) is 9.47 Å². The number of nitrogens with zero attached hydrogens (tertiary/aromatic N) is 3. The third-order valence-corrected chi connectivity index (χ3v) is 6.15. The average molecular weight is 414 g/mol. The Balaban J connectivity index is 1.52. The summed E-state index contributed by atoms with van der Waals surface area (Å²) in [6.45, 7) is 10.7. The highest BCUT2D eigenvalue weighted by molar-refractivity contribution is 7.20. The van der Waals surface area contributed by atoms with Crippen LogP contribution in [0.4, 0.5) is 0 Å². The second-order valence-corrected chi connectivity index (χ2v) is 8.86. The van der Waals surface area contributed by atoms with E-state index in [0.717, 1.165) is 38.8 Å². The number of amides is 1. The minimum atomic E-state index is -0.179. The second-order valence-electron chi connectivity index (χ2n) is 7.83. The van der Waals surface area contributed by atoms with Gasteiger partial charge in [-0.05, 0) is 38.0 Å². The molecule has 154 valence electrons. The number of rotatable bonds is 6. The van der Waals surface area contributed by atoms with Crippen LogP contribution in [0.2, 0.25) is 0 Å². The van der Waals surface area contributed by atoms with Crippen LogP contribution in [0.1, 0.15) is 36.1 Å². The van der Waals surface area contributed by atoms with Gasteiger partial charge in [-0.15, -0.1) is 11.3 Å². The molecule has 2 aromatic heterocycles. The van der Waals surface area contributed by atoms with Gasteiger partial charge in [0.2, 0.25) is 0 Å². The zero-order valence-corrected chi connectivity index (χ0v) is 18.2. The highest BCUT2D eigenvalue weighted by Crippen LogP contribution is 2.32.